The van der Waals surface area contributed by atoms with Crippen LogP contribution in [0.1, 0.15) is 15.2 Å². The van der Waals surface area contributed by atoms with Crippen LogP contribution in [-0.4, -0.2) is 12.1 Å². The van der Waals surface area contributed by atoms with E-state index in [4.69, 9.17) is 0 Å². The SMILES string of the molecule is O=C(N/N=C\c1ccsc1)c1ccc(-c2ccc(F)cc2)s1. The zero-order chi connectivity index (χ0) is 15.4. The lowest BCUT2D eigenvalue weighted by molar-refractivity contribution is 0.0959. The molecule has 6 heteroatoms. The summed E-state index contributed by atoms with van der Waals surface area (Å²) in [5.41, 5.74) is 4.33. The van der Waals surface area contributed by atoms with Crippen LogP contribution in [0.3, 0.4) is 0 Å². The first kappa shape index (κ1) is 14.6. The number of thiophene rings is 2. The van der Waals surface area contributed by atoms with E-state index < -0.39 is 0 Å². The maximum absolute atomic E-state index is 12.9. The Hall–Kier alpha value is -2.31. The van der Waals surface area contributed by atoms with Gasteiger partial charge < -0.3 is 0 Å². The standard InChI is InChI=1S/C16H11FN2OS2/c17-13-3-1-12(2-4-13)14-5-6-15(22-14)16(20)19-18-9-11-7-8-21-10-11/h1-10H,(H,19,20)/b18-9-. The van der Waals surface area contributed by atoms with Gasteiger partial charge in [-0.2, -0.15) is 16.4 Å². The molecule has 0 unspecified atom stereocenters. The van der Waals surface area contributed by atoms with Gasteiger partial charge in [-0.25, -0.2) is 9.82 Å². The third-order valence-electron chi connectivity index (χ3n) is 2.88. The Balaban J connectivity index is 1.68. The van der Waals surface area contributed by atoms with E-state index in [0.717, 1.165) is 16.0 Å². The van der Waals surface area contributed by atoms with Gasteiger partial charge in [0.2, 0.25) is 0 Å². The predicted molar refractivity (Wildman–Crippen MR) is 89.1 cm³/mol. The number of hydrazone groups is 1. The van der Waals surface area contributed by atoms with Gasteiger partial charge in [0.1, 0.15) is 5.82 Å². The van der Waals surface area contributed by atoms with Crippen molar-refractivity contribution < 1.29 is 9.18 Å². The second-order valence-corrected chi connectivity index (χ2v) is 6.29. The van der Waals surface area contributed by atoms with Crippen molar-refractivity contribution in [1.29, 1.82) is 0 Å². The monoisotopic (exact) mass is 330 g/mol. The van der Waals surface area contributed by atoms with Gasteiger partial charge in [0.15, 0.2) is 0 Å². The van der Waals surface area contributed by atoms with E-state index in [2.05, 4.69) is 10.5 Å². The summed E-state index contributed by atoms with van der Waals surface area (Å²) in [5.74, 6) is -0.536. The average molecular weight is 330 g/mol. The van der Waals surface area contributed by atoms with E-state index in [9.17, 15) is 9.18 Å². The van der Waals surface area contributed by atoms with Crippen molar-refractivity contribution in [2.24, 2.45) is 5.10 Å². The lowest BCUT2D eigenvalue weighted by Crippen LogP contribution is -2.15. The molecule has 110 valence electrons. The van der Waals surface area contributed by atoms with Crippen molar-refractivity contribution in [3.8, 4) is 10.4 Å². The number of nitrogens with zero attached hydrogens (tertiary/aromatic N) is 1. The molecule has 1 amide bonds. The van der Waals surface area contributed by atoms with Gasteiger partial charge in [-0.3, -0.25) is 4.79 Å². The van der Waals surface area contributed by atoms with Crippen LogP contribution in [0.4, 0.5) is 4.39 Å². The highest BCUT2D eigenvalue weighted by molar-refractivity contribution is 7.17. The Morgan fingerprint density at radius 2 is 1.95 bits per heavy atom. The van der Waals surface area contributed by atoms with Gasteiger partial charge in [0.05, 0.1) is 11.1 Å². The first-order valence-corrected chi connectivity index (χ1v) is 8.20. The highest BCUT2D eigenvalue weighted by Crippen LogP contribution is 2.28. The predicted octanol–water partition coefficient (Wildman–Crippen LogP) is 4.38. The maximum Gasteiger partial charge on any atom is 0.281 e. The Labute approximate surface area is 134 Å². The minimum Gasteiger partial charge on any atom is -0.266 e. The second-order valence-electron chi connectivity index (χ2n) is 4.43. The van der Waals surface area contributed by atoms with Crippen LogP contribution in [0.25, 0.3) is 10.4 Å². The molecule has 0 saturated carbocycles. The van der Waals surface area contributed by atoms with Crippen LogP contribution in [0.15, 0.2) is 58.3 Å². The molecule has 3 rings (SSSR count). The van der Waals surface area contributed by atoms with Gasteiger partial charge in [-0.05, 0) is 46.7 Å². The van der Waals surface area contributed by atoms with Crippen LogP contribution in [0, 0.1) is 5.82 Å². The lowest BCUT2D eigenvalue weighted by atomic mass is 10.2. The Morgan fingerprint density at radius 1 is 1.14 bits per heavy atom. The maximum atomic E-state index is 12.9. The zero-order valence-electron chi connectivity index (χ0n) is 11.3. The number of hydrogen-bond donors (Lipinski definition) is 1. The fraction of sp³-hybridized carbons (Fsp3) is 0. The first-order chi connectivity index (χ1) is 10.7. The molecule has 0 spiro atoms. The molecule has 0 fully saturated rings. The number of benzene rings is 1. The molecule has 1 aromatic carbocycles. The summed E-state index contributed by atoms with van der Waals surface area (Å²) in [6.45, 7) is 0. The molecule has 2 heterocycles. The van der Waals surface area contributed by atoms with Crippen LogP contribution in [-0.2, 0) is 0 Å². The average Bonchev–Trinajstić information content (AvgIpc) is 3.19. The fourth-order valence-corrected chi connectivity index (χ4v) is 3.31. The molecular weight excluding hydrogens is 319 g/mol. The van der Waals surface area contributed by atoms with Crippen molar-refractivity contribution in [2.45, 2.75) is 0 Å². The fourth-order valence-electron chi connectivity index (χ4n) is 1.80. The van der Waals surface area contributed by atoms with Crippen LogP contribution in [0.2, 0.25) is 0 Å². The van der Waals surface area contributed by atoms with Crippen molar-refractivity contribution >= 4 is 34.8 Å². The molecular formula is C16H11FN2OS2. The Kier molecular flexibility index (Phi) is 4.41. The van der Waals surface area contributed by atoms with E-state index in [1.54, 1.807) is 35.8 Å². The molecule has 3 nitrogen and oxygen atoms in total. The van der Waals surface area contributed by atoms with Gasteiger partial charge in [-0.15, -0.1) is 11.3 Å². The van der Waals surface area contributed by atoms with E-state index in [1.807, 2.05) is 22.9 Å². The van der Waals surface area contributed by atoms with Crippen LogP contribution >= 0.6 is 22.7 Å². The van der Waals surface area contributed by atoms with Gasteiger partial charge in [-0.1, -0.05) is 12.1 Å². The van der Waals surface area contributed by atoms with Crippen molar-refractivity contribution in [1.82, 2.24) is 5.43 Å². The van der Waals surface area contributed by atoms with Crippen molar-refractivity contribution in [2.75, 3.05) is 0 Å². The number of rotatable bonds is 4. The van der Waals surface area contributed by atoms with Gasteiger partial charge in [0.25, 0.3) is 5.91 Å². The normalized spacial score (nSPS) is 11.0. The molecule has 0 radical (unpaired) electrons. The third kappa shape index (κ3) is 3.47. The van der Waals surface area contributed by atoms with E-state index in [-0.39, 0.29) is 11.7 Å². The smallest absolute Gasteiger partial charge is 0.266 e. The summed E-state index contributed by atoms with van der Waals surface area (Å²) in [7, 11) is 0. The summed E-state index contributed by atoms with van der Waals surface area (Å²) < 4.78 is 12.9. The van der Waals surface area contributed by atoms with Crippen LogP contribution < -0.4 is 5.43 Å². The lowest BCUT2D eigenvalue weighted by Gasteiger charge is -1.97. The highest BCUT2D eigenvalue weighted by Gasteiger charge is 2.09. The molecule has 0 bridgehead atoms. The number of hydrogen-bond acceptors (Lipinski definition) is 4. The summed E-state index contributed by atoms with van der Waals surface area (Å²) in [6.07, 6.45) is 1.60. The number of nitrogens with one attached hydrogen (secondary N) is 1. The van der Waals surface area contributed by atoms with E-state index in [0.29, 0.717) is 4.88 Å². The zero-order valence-corrected chi connectivity index (χ0v) is 13.0. The number of carbonyl (C=O) groups excluding carboxylic acids is 1. The Morgan fingerprint density at radius 3 is 2.68 bits per heavy atom. The molecule has 0 saturated heterocycles. The highest BCUT2D eigenvalue weighted by atomic mass is 32.1. The number of amides is 1. The summed E-state index contributed by atoms with van der Waals surface area (Å²) in [5, 5.41) is 7.80. The molecule has 3 aromatic rings. The molecule has 2 aromatic heterocycles. The third-order valence-corrected chi connectivity index (χ3v) is 4.72. The largest absolute Gasteiger partial charge is 0.281 e. The van der Waals surface area contributed by atoms with Crippen molar-refractivity contribution in [3.63, 3.8) is 0 Å². The number of halogens is 1. The summed E-state index contributed by atoms with van der Waals surface area (Å²) in [6, 6.07) is 11.7. The molecule has 0 aliphatic rings. The first-order valence-electron chi connectivity index (χ1n) is 6.44. The van der Waals surface area contributed by atoms with Crippen LogP contribution in [0.5, 0.6) is 0 Å². The molecule has 0 aliphatic carbocycles. The summed E-state index contributed by atoms with van der Waals surface area (Å²) in [4.78, 5) is 13.5. The number of carbonyl (C=O) groups is 1. The van der Waals surface area contributed by atoms with Gasteiger partial charge in [0, 0.05) is 10.4 Å². The van der Waals surface area contributed by atoms with Gasteiger partial charge >= 0.3 is 0 Å². The molecule has 1 N–H and O–H groups in total. The Bertz CT molecular complexity index is 792. The molecule has 0 atom stereocenters. The van der Waals surface area contributed by atoms with Crippen molar-refractivity contribution in [3.05, 3.63) is 69.5 Å². The quantitative estimate of drug-likeness (QED) is 0.560. The molecule has 22 heavy (non-hydrogen) atoms. The second kappa shape index (κ2) is 6.64. The minimum absolute atomic E-state index is 0.259. The molecule has 0 aliphatic heterocycles. The van der Waals surface area contributed by atoms with E-state index >= 15 is 0 Å². The minimum atomic E-state index is -0.277. The summed E-state index contributed by atoms with van der Waals surface area (Å²) >= 11 is 2.91. The topological polar surface area (TPSA) is 41.5 Å². The van der Waals surface area contributed by atoms with E-state index in [1.165, 1.54) is 23.5 Å².